The second-order valence-corrected chi connectivity index (χ2v) is 6.60. The van der Waals surface area contributed by atoms with Gasteiger partial charge >= 0.3 is 5.97 Å². The van der Waals surface area contributed by atoms with E-state index in [1.165, 1.54) is 0 Å². The fourth-order valence-electron chi connectivity index (χ4n) is 2.88. The van der Waals surface area contributed by atoms with E-state index in [4.69, 9.17) is 5.11 Å². The molecule has 1 saturated heterocycles. The maximum atomic E-state index is 10.8. The average Bonchev–Trinajstić information content (AvgIpc) is 2.05. The first-order chi connectivity index (χ1) is 7.13. The van der Waals surface area contributed by atoms with Gasteiger partial charge in [0.1, 0.15) is 0 Å². The van der Waals surface area contributed by atoms with Gasteiger partial charge in [-0.15, -0.1) is 0 Å². The molecule has 0 saturated carbocycles. The van der Waals surface area contributed by atoms with Gasteiger partial charge in [-0.05, 0) is 53.4 Å². The van der Waals surface area contributed by atoms with Gasteiger partial charge in [0.25, 0.3) is 0 Å². The molecule has 1 aliphatic heterocycles. The Labute approximate surface area is 98.8 Å². The van der Waals surface area contributed by atoms with Crippen LogP contribution in [0, 0.1) is 5.92 Å². The van der Waals surface area contributed by atoms with E-state index in [-0.39, 0.29) is 11.1 Å². The first-order valence-electron chi connectivity index (χ1n) is 6.12. The summed E-state index contributed by atoms with van der Waals surface area (Å²) in [5, 5.41) is 8.87. The first-order valence-corrected chi connectivity index (χ1v) is 6.12. The molecule has 1 heterocycles. The van der Waals surface area contributed by atoms with Gasteiger partial charge in [0, 0.05) is 24.0 Å². The normalized spacial score (nSPS) is 26.7. The first kappa shape index (κ1) is 13.5. The molecule has 0 aromatic heterocycles. The molecule has 1 atom stereocenters. The van der Waals surface area contributed by atoms with E-state index in [1.807, 2.05) is 0 Å². The molecular formula is C13H25NO2. The SMILES string of the molecule is CC(C)(C)N1CC(CC(=O)O)CCC1(C)C. The van der Waals surface area contributed by atoms with Crippen LogP contribution in [-0.2, 0) is 4.79 Å². The minimum absolute atomic E-state index is 0.112. The predicted octanol–water partition coefficient (Wildman–Crippen LogP) is 2.75. The van der Waals surface area contributed by atoms with Crippen molar-refractivity contribution in [3.63, 3.8) is 0 Å². The Morgan fingerprint density at radius 1 is 1.44 bits per heavy atom. The van der Waals surface area contributed by atoms with E-state index >= 15 is 0 Å². The van der Waals surface area contributed by atoms with Gasteiger partial charge in [0.15, 0.2) is 0 Å². The summed E-state index contributed by atoms with van der Waals surface area (Å²) in [4.78, 5) is 13.2. The highest BCUT2D eigenvalue weighted by Crippen LogP contribution is 2.36. The number of rotatable bonds is 2. The number of carboxylic acid groups (broad SMARTS) is 1. The van der Waals surface area contributed by atoms with Crippen molar-refractivity contribution in [3.8, 4) is 0 Å². The van der Waals surface area contributed by atoms with E-state index in [9.17, 15) is 4.79 Å². The average molecular weight is 227 g/mol. The molecule has 0 aromatic rings. The van der Waals surface area contributed by atoms with Crippen LogP contribution in [0.1, 0.15) is 53.9 Å². The summed E-state index contributed by atoms with van der Waals surface area (Å²) in [5.41, 5.74) is 0.300. The van der Waals surface area contributed by atoms with E-state index in [1.54, 1.807) is 0 Å². The van der Waals surface area contributed by atoms with Crippen molar-refractivity contribution < 1.29 is 9.90 Å². The van der Waals surface area contributed by atoms with Gasteiger partial charge in [-0.3, -0.25) is 9.69 Å². The molecule has 0 bridgehead atoms. The molecular weight excluding hydrogens is 202 g/mol. The molecule has 1 unspecified atom stereocenters. The van der Waals surface area contributed by atoms with Crippen LogP contribution in [0.25, 0.3) is 0 Å². The van der Waals surface area contributed by atoms with Gasteiger partial charge in [0.2, 0.25) is 0 Å². The fraction of sp³-hybridized carbons (Fsp3) is 0.923. The molecule has 0 aliphatic carbocycles. The molecule has 3 heteroatoms. The summed E-state index contributed by atoms with van der Waals surface area (Å²) in [7, 11) is 0. The molecule has 1 N–H and O–H groups in total. The van der Waals surface area contributed by atoms with Crippen LogP contribution in [0.15, 0.2) is 0 Å². The van der Waals surface area contributed by atoms with Crippen LogP contribution in [0.4, 0.5) is 0 Å². The number of aliphatic carboxylic acids is 1. The van der Waals surface area contributed by atoms with Crippen LogP contribution >= 0.6 is 0 Å². The smallest absolute Gasteiger partial charge is 0.303 e. The van der Waals surface area contributed by atoms with Gasteiger partial charge in [-0.25, -0.2) is 0 Å². The van der Waals surface area contributed by atoms with Gasteiger partial charge < -0.3 is 5.11 Å². The van der Waals surface area contributed by atoms with Crippen molar-refractivity contribution in [2.75, 3.05) is 6.54 Å². The summed E-state index contributed by atoms with van der Waals surface area (Å²) in [6, 6.07) is 0. The second kappa shape index (κ2) is 4.36. The molecule has 0 amide bonds. The molecule has 0 radical (unpaired) electrons. The predicted molar refractivity (Wildman–Crippen MR) is 65.5 cm³/mol. The lowest BCUT2D eigenvalue weighted by Crippen LogP contribution is -2.58. The number of hydrogen-bond acceptors (Lipinski definition) is 2. The third kappa shape index (κ3) is 3.21. The summed E-state index contributed by atoms with van der Waals surface area (Å²) in [5.74, 6) is -0.358. The third-order valence-corrected chi connectivity index (χ3v) is 3.61. The Bertz CT molecular complexity index is 266. The Hall–Kier alpha value is -0.570. The zero-order chi connectivity index (χ0) is 12.6. The topological polar surface area (TPSA) is 40.5 Å². The summed E-state index contributed by atoms with van der Waals surface area (Å²) in [6.07, 6.45) is 2.43. The standard InChI is InChI=1S/C13H25NO2/c1-12(2,3)14-9-10(8-11(15)16)6-7-13(14,4)5/h10H,6-9H2,1-5H3,(H,15,16). The Kier molecular flexibility index (Phi) is 3.68. The van der Waals surface area contributed by atoms with Crippen LogP contribution in [-0.4, -0.2) is 33.6 Å². The molecule has 94 valence electrons. The van der Waals surface area contributed by atoms with E-state index in [0.29, 0.717) is 12.3 Å². The van der Waals surface area contributed by atoms with Crippen molar-refractivity contribution in [2.45, 2.75) is 65.0 Å². The molecule has 1 aliphatic rings. The number of nitrogens with zero attached hydrogens (tertiary/aromatic N) is 1. The second-order valence-electron chi connectivity index (χ2n) is 6.60. The van der Waals surface area contributed by atoms with Crippen molar-refractivity contribution >= 4 is 5.97 Å². The highest BCUT2D eigenvalue weighted by atomic mass is 16.4. The summed E-state index contributed by atoms with van der Waals surface area (Å²) in [6.45, 7) is 12.0. The molecule has 3 nitrogen and oxygen atoms in total. The number of hydrogen-bond donors (Lipinski definition) is 1. The summed E-state index contributed by atoms with van der Waals surface area (Å²) < 4.78 is 0. The van der Waals surface area contributed by atoms with Crippen molar-refractivity contribution in [2.24, 2.45) is 5.92 Å². The minimum Gasteiger partial charge on any atom is -0.481 e. The molecule has 0 aromatic carbocycles. The van der Waals surface area contributed by atoms with Crippen molar-refractivity contribution in [1.29, 1.82) is 0 Å². The highest BCUT2D eigenvalue weighted by Gasteiger charge is 2.40. The zero-order valence-electron chi connectivity index (χ0n) is 11.2. The molecule has 1 rings (SSSR count). The van der Waals surface area contributed by atoms with Gasteiger partial charge in [0.05, 0.1) is 0 Å². The largest absolute Gasteiger partial charge is 0.481 e. The van der Waals surface area contributed by atoms with Crippen LogP contribution in [0.3, 0.4) is 0 Å². The van der Waals surface area contributed by atoms with E-state index in [0.717, 1.165) is 19.4 Å². The lowest BCUT2D eigenvalue weighted by Gasteiger charge is -2.52. The Morgan fingerprint density at radius 2 is 2.00 bits per heavy atom. The van der Waals surface area contributed by atoms with E-state index in [2.05, 4.69) is 39.5 Å². The molecule has 0 spiro atoms. The Morgan fingerprint density at radius 3 is 2.44 bits per heavy atom. The zero-order valence-corrected chi connectivity index (χ0v) is 11.2. The monoisotopic (exact) mass is 227 g/mol. The number of carbonyl (C=O) groups is 1. The van der Waals surface area contributed by atoms with Gasteiger partial charge in [-0.1, -0.05) is 0 Å². The number of piperidine rings is 1. The van der Waals surface area contributed by atoms with Crippen molar-refractivity contribution in [3.05, 3.63) is 0 Å². The van der Waals surface area contributed by atoms with Crippen LogP contribution < -0.4 is 0 Å². The van der Waals surface area contributed by atoms with Crippen LogP contribution in [0.2, 0.25) is 0 Å². The molecule has 1 fully saturated rings. The lowest BCUT2D eigenvalue weighted by molar-refractivity contribution is -0.139. The Balaban J connectivity index is 2.74. The van der Waals surface area contributed by atoms with E-state index < -0.39 is 5.97 Å². The minimum atomic E-state index is -0.668. The maximum absolute atomic E-state index is 10.8. The third-order valence-electron chi connectivity index (χ3n) is 3.61. The summed E-state index contributed by atoms with van der Waals surface area (Å²) >= 11 is 0. The number of likely N-dealkylation sites (tertiary alicyclic amines) is 1. The van der Waals surface area contributed by atoms with Gasteiger partial charge in [-0.2, -0.15) is 0 Å². The fourth-order valence-corrected chi connectivity index (χ4v) is 2.88. The molecule has 16 heavy (non-hydrogen) atoms. The lowest BCUT2D eigenvalue weighted by atomic mass is 9.80. The highest BCUT2D eigenvalue weighted by molar-refractivity contribution is 5.67. The number of carboxylic acids is 1. The van der Waals surface area contributed by atoms with Crippen molar-refractivity contribution in [1.82, 2.24) is 4.90 Å². The maximum Gasteiger partial charge on any atom is 0.303 e. The van der Waals surface area contributed by atoms with Crippen LogP contribution in [0.5, 0.6) is 0 Å². The quantitative estimate of drug-likeness (QED) is 0.788.